The molecule has 9 heteroatoms. The summed E-state index contributed by atoms with van der Waals surface area (Å²) in [6.45, 7) is 0. The second kappa shape index (κ2) is 7.79. The smallest absolute Gasteiger partial charge is 0.282 e. The number of nitrogens with zero attached hydrogens (tertiary/aromatic N) is 2. The third-order valence-corrected chi connectivity index (χ3v) is 4.00. The van der Waals surface area contributed by atoms with Crippen LogP contribution in [0.1, 0.15) is 34.5 Å². The quantitative estimate of drug-likeness (QED) is 0.615. The van der Waals surface area contributed by atoms with E-state index in [4.69, 9.17) is 0 Å². The van der Waals surface area contributed by atoms with Crippen molar-refractivity contribution in [2.45, 2.75) is 12.8 Å². The van der Waals surface area contributed by atoms with Gasteiger partial charge in [0, 0.05) is 24.5 Å². The Hall–Kier alpha value is -3.23. The number of alkyl halides is 2. The molecule has 0 radical (unpaired) electrons. The summed E-state index contributed by atoms with van der Waals surface area (Å²) < 4.78 is 67.8. The largest absolute Gasteiger partial charge is 0.321 e. The van der Waals surface area contributed by atoms with Gasteiger partial charge in [-0.25, -0.2) is 22.0 Å². The number of carbonyl (C=O) groups excluding carboxylic acids is 1. The second-order valence-corrected chi connectivity index (χ2v) is 5.97. The maximum atomic E-state index is 13.6. The third-order valence-electron chi connectivity index (χ3n) is 4.00. The first-order chi connectivity index (χ1) is 13.3. The molecule has 0 spiro atoms. The number of nitrogens with one attached hydrogen (secondary N) is 1. The van der Waals surface area contributed by atoms with Gasteiger partial charge in [-0.3, -0.25) is 9.48 Å². The third kappa shape index (κ3) is 3.88. The lowest BCUT2D eigenvalue weighted by atomic mass is 10.0. The number of aryl methyl sites for hydroxylation is 1. The van der Waals surface area contributed by atoms with Crippen LogP contribution in [0.3, 0.4) is 0 Å². The minimum absolute atomic E-state index is 0.00748. The molecule has 1 heterocycles. The molecule has 1 aliphatic carbocycles. The van der Waals surface area contributed by atoms with Crippen molar-refractivity contribution in [2.75, 3.05) is 0 Å². The molecule has 4 nitrogen and oxygen atoms in total. The Morgan fingerprint density at radius 3 is 2.54 bits per heavy atom. The van der Waals surface area contributed by atoms with Crippen LogP contribution in [0.4, 0.5) is 22.0 Å². The lowest BCUT2D eigenvalue weighted by Gasteiger charge is -2.14. The van der Waals surface area contributed by atoms with Gasteiger partial charge in [0.1, 0.15) is 5.69 Å². The molecular weight excluding hydrogens is 381 g/mol. The Kier molecular flexibility index (Phi) is 5.43. The molecule has 0 saturated carbocycles. The van der Waals surface area contributed by atoms with Crippen LogP contribution in [0, 0.1) is 17.5 Å². The molecule has 0 bridgehead atoms. The van der Waals surface area contributed by atoms with Gasteiger partial charge in [-0.1, -0.05) is 18.2 Å². The average molecular weight is 395 g/mol. The monoisotopic (exact) mass is 395 g/mol. The fourth-order valence-corrected chi connectivity index (χ4v) is 2.75. The molecule has 3 rings (SSSR count). The van der Waals surface area contributed by atoms with Crippen molar-refractivity contribution >= 4 is 11.5 Å². The van der Waals surface area contributed by atoms with E-state index in [9.17, 15) is 26.7 Å². The van der Waals surface area contributed by atoms with E-state index in [1.54, 1.807) is 18.2 Å². The minimum Gasteiger partial charge on any atom is -0.321 e. The lowest BCUT2D eigenvalue weighted by Crippen LogP contribution is -2.24. The van der Waals surface area contributed by atoms with E-state index in [0.717, 1.165) is 23.0 Å². The van der Waals surface area contributed by atoms with Crippen molar-refractivity contribution in [1.82, 2.24) is 15.1 Å². The van der Waals surface area contributed by atoms with Crippen LogP contribution in [-0.2, 0) is 7.05 Å². The maximum absolute atomic E-state index is 13.6. The summed E-state index contributed by atoms with van der Waals surface area (Å²) in [7, 11) is 1.39. The minimum atomic E-state index is -2.96. The zero-order valence-corrected chi connectivity index (χ0v) is 14.5. The highest BCUT2D eigenvalue weighted by molar-refractivity contribution is 5.99. The summed E-state index contributed by atoms with van der Waals surface area (Å²) in [5.41, 5.74) is -0.685. The summed E-state index contributed by atoms with van der Waals surface area (Å²) in [6, 6.07) is 1.59. The van der Waals surface area contributed by atoms with E-state index in [1.165, 1.54) is 13.1 Å². The molecule has 28 heavy (non-hydrogen) atoms. The number of allylic oxidation sites excluding steroid dienone is 5. The maximum Gasteiger partial charge on any atom is 0.282 e. The SMILES string of the molecule is Cn1cc(C(=O)NC2=CC=CCC=C2c2cc(F)c(F)c(F)c2)c(C(F)F)n1. The van der Waals surface area contributed by atoms with Gasteiger partial charge in [0.15, 0.2) is 17.5 Å². The number of amides is 1. The van der Waals surface area contributed by atoms with Crippen molar-refractivity contribution in [3.63, 3.8) is 0 Å². The van der Waals surface area contributed by atoms with Crippen LogP contribution < -0.4 is 5.32 Å². The zero-order chi connectivity index (χ0) is 20.4. The highest BCUT2D eigenvalue weighted by Gasteiger charge is 2.24. The van der Waals surface area contributed by atoms with Crippen LogP contribution >= 0.6 is 0 Å². The highest BCUT2D eigenvalue weighted by atomic mass is 19.3. The highest BCUT2D eigenvalue weighted by Crippen LogP contribution is 2.28. The first-order valence-corrected chi connectivity index (χ1v) is 8.13. The Morgan fingerprint density at radius 1 is 1.21 bits per heavy atom. The van der Waals surface area contributed by atoms with Crippen LogP contribution in [-0.4, -0.2) is 15.7 Å². The molecule has 1 aromatic heterocycles. The molecule has 0 unspecified atom stereocenters. The second-order valence-electron chi connectivity index (χ2n) is 5.97. The molecule has 2 aromatic rings. The van der Waals surface area contributed by atoms with E-state index >= 15 is 0 Å². The predicted molar refractivity (Wildman–Crippen MR) is 91.8 cm³/mol. The van der Waals surface area contributed by atoms with Gasteiger partial charge in [-0.15, -0.1) is 0 Å². The van der Waals surface area contributed by atoms with Gasteiger partial charge < -0.3 is 5.32 Å². The molecule has 0 fully saturated rings. The topological polar surface area (TPSA) is 46.9 Å². The predicted octanol–water partition coefficient (Wildman–Crippen LogP) is 4.43. The molecule has 1 aliphatic rings. The number of aromatic nitrogens is 2. The van der Waals surface area contributed by atoms with Gasteiger partial charge in [0.25, 0.3) is 12.3 Å². The molecule has 146 valence electrons. The first-order valence-electron chi connectivity index (χ1n) is 8.13. The summed E-state index contributed by atoms with van der Waals surface area (Å²) in [5.74, 6) is -5.24. The number of carbonyl (C=O) groups is 1. The molecular formula is C19H14F5N3O. The van der Waals surface area contributed by atoms with E-state index in [2.05, 4.69) is 10.4 Å². The molecule has 0 aliphatic heterocycles. The van der Waals surface area contributed by atoms with Crippen molar-refractivity contribution in [2.24, 2.45) is 7.05 Å². The zero-order valence-electron chi connectivity index (χ0n) is 14.5. The number of hydrogen-bond acceptors (Lipinski definition) is 2. The summed E-state index contributed by atoms with van der Waals surface area (Å²) in [4.78, 5) is 12.5. The van der Waals surface area contributed by atoms with Gasteiger partial charge in [0.2, 0.25) is 0 Å². The Balaban J connectivity index is 1.97. The Bertz CT molecular complexity index is 998. The van der Waals surface area contributed by atoms with Crippen molar-refractivity contribution in [3.8, 4) is 0 Å². The van der Waals surface area contributed by atoms with Crippen LogP contribution in [0.2, 0.25) is 0 Å². The Labute approximate surface area is 156 Å². The number of rotatable bonds is 4. The van der Waals surface area contributed by atoms with Crippen molar-refractivity contribution in [1.29, 1.82) is 0 Å². The van der Waals surface area contributed by atoms with Gasteiger partial charge >= 0.3 is 0 Å². The van der Waals surface area contributed by atoms with Crippen LogP contribution in [0.5, 0.6) is 0 Å². The average Bonchev–Trinajstić information content (AvgIpc) is 2.89. The fourth-order valence-electron chi connectivity index (χ4n) is 2.75. The summed E-state index contributed by atoms with van der Waals surface area (Å²) >= 11 is 0. The van der Waals surface area contributed by atoms with Gasteiger partial charge in [-0.05, 0) is 30.2 Å². The fraction of sp³-hybridized carbons (Fsp3) is 0.158. The van der Waals surface area contributed by atoms with Crippen molar-refractivity contribution < 1.29 is 26.7 Å². The van der Waals surface area contributed by atoms with Crippen LogP contribution in [0.25, 0.3) is 5.57 Å². The Morgan fingerprint density at radius 2 is 1.89 bits per heavy atom. The van der Waals surface area contributed by atoms with Gasteiger partial charge in [0.05, 0.1) is 5.56 Å². The van der Waals surface area contributed by atoms with Crippen LogP contribution in [0.15, 0.2) is 48.3 Å². The molecule has 0 saturated heterocycles. The number of hydrogen-bond donors (Lipinski definition) is 1. The first kappa shape index (κ1) is 19.5. The molecule has 1 N–H and O–H groups in total. The van der Waals surface area contributed by atoms with E-state index in [0.29, 0.717) is 6.42 Å². The lowest BCUT2D eigenvalue weighted by molar-refractivity contribution is 0.0952. The summed E-state index contributed by atoms with van der Waals surface area (Å²) in [5, 5.41) is 6.03. The molecule has 1 amide bonds. The van der Waals surface area contributed by atoms with E-state index < -0.39 is 35.5 Å². The standard InChI is InChI=1S/C19H14F5N3O/c1-27-9-12(17(26-27)18(23)24)19(28)25-15-6-4-2-3-5-11(15)10-7-13(20)16(22)14(21)8-10/h2,4-9,18H,3H2,1H3,(H,25,28). The van der Waals surface area contributed by atoms with Crippen molar-refractivity contribution in [3.05, 3.63) is 82.6 Å². The normalized spacial score (nSPS) is 14.0. The van der Waals surface area contributed by atoms with E-state index in [1.807, 2.05) is 0 Å². The molecule has 0 atom stereocenters. The van der Waals surface area contributed by atoms with Gasteiger partial charge in [-0.2, -0.15) is 5.10 Å². The molecule has 1 aromatic carbocycles. The number of halogens is 5. The summed E-state index contributed by atoms with van der Waals surface area (Å²) in [6.07, 6.45) is 4.88. The number of benzene rings is 1. The van der Waals surface area contributed by atoms with E-state index in [-0.39, 0.29) is 22.4 Å².